The van der Waals surface area contributed by atoms with Crippen molar-refractivity contribution in [1.29, 1.82) is 0 Å². The zero-order chi connectivity index (χ0) is 14.8. The van der Waals surface area contributed by atoms with Gasteiger partial charge in [0, 0.05) is 15.5 Å². The summed E-state index contributed by atoms with van der Waals surface area (Å²) in [5, 5.41) is 4.58. The molecular weight excluding hydrogens is 304 g/mol. The third-order valence-corrected chi connectivity index (χ3v) is 4.21. The lowest BCUT2D eigenvalue weighted by Crippen LogP contribution is -1.89. The quantitative estimate of drug-likeness (QED) is 0.693. The normalized spacial score (nSPS) is 10.8. The van der Waals surface area contributed by atoms with E-state index in [4.69, 9.17) is 21.9 Å². The smallest absolute Gasteiger partial charge is 0.178 e. The van der Waals surface area contributed by atoms with Gasteiger partial charge in [0.1, 0.15) is 0 Å². The molecule has 0 bridgehead atoms. The van der Waals surface area contributed by atoms with Crippen LogP contribution >= 0.6 is 23.4 Å². The second-order valence-electron chi connectivity index (χ2n) is 4.48. The molecule has 5 heteroatoms. The van der Waals surface area contributed by atoms with Gasteiger partial charge in [-0.3, -0.25) is 0 Å². The van der Waals surface area contributed by atoms with Crippen LogP contribution in [0.25, 0.3) is 22.5 Å². The summed E-state index contributed by atoms with van der Waals surface area (Å²) in [5.41, 5.74) is 8.65. The average molecular weight is 317 g/mol. The second-order valence-corrected chi connectivity index (χ2v) is 5.77. The summed E-state index contributed by atoms with van der Waals surface area (Å²) < 4.78 is 5.49. The van der Waals surface area contributed by atoms with Crippen LogP contribution in [0.3, 0.4) is 0 Å². The zero-order valence-corrected chi connectivity index (χ0v) is 12.9. The van der Waals surface area contributed by atoms with Gasteiger partial charge in [-0.15, -0.1) is 11.8 Å². The topological polar surface area (TPSA) is 52.0 Å². The molecule has 0 saturated carbocycles. The number of nitrogens with zero attached hydrogens (tertiary/aromatic N) is 1. The van der Waals surface area contributed by atoms with Crippen LogP contribution in [-0.4, -0.2) is 11.4 Å². The number of hydrogen-bond donors (Lipinski definition) is 1. The largest absolute Gasteiger partial charge is 0.380 e. The highest BCUT2D eigenvalue weighted by atomic mass is 35.5. The van der Waals surface area contributed by atoms with Crippen molar-refractivity contribution < 1.29 is 4.52 Å². The van der Waals surface area contributed by atoms with Gasteiger partial charge < -0.3 is 10.3 Å². The highest BCUT2D eigenvalue weighted by Crippen LogP contribution is 2.40. The van der Waals surface area contributed by atoms with Crippen LogP contribution < -0.4 is 5.73 Å². The third-order valence-electron chi connectivity index (χ3n) is 3.18. The van der Waals surface area contributed by atoms with E-state index in [9.17, 15) is 0 Å². The SMILES string of the molecule is CSc1ccccc1-c1onc(N)c1-c1cccc(Cl)c1. The van der Waals surface area contributed by atoms with E-state index in [2.05, 4.69) is 5.16 Å². The number of nitrogen functional groups attached to an aromatic ring is 1. The van der Waals surface area contributed by atoms with Crippen LogP contribution in [0, 0.1) is 0 Å². The van der Waals surface area contributed by atoms with Crippen LogP contribution in [-0.2, 0) is 0 Å². The van der Waals surface area contributed by atoms with Gasteiger partial charge in [0.15, 0.2) is 11.6 Å². The molecule has 3 nitrogen and oxygen atoms in total. The molecule has 3 aromatic rings. The Labute approximate surface area is 132 Å². The summed E-state index contributed by atoms with van der Waals surface area (Å²) in [5.74, 6) is 1.03. The Morgan fingerprint density at radius 3 is 2.71 bits per heavy atom. The molecule has 0 atom stereocenters. The Morgan fingerprint density at radius 2 is 1.95 bits per heavy atom. The minimum atomic E-state index is 0.364. The molecule has 0 radical (unpaired) electrons. The van der Waals surface area contributed by atoms with Crippen molar-refractivity contribution in [1.82, 2.24) is 5.16 Å². The Bertz CT molecular complexity index is 785. The monoisotopic (exact) mass is 316 g/mol. The standard InChI is InChI=1S/C16H13ClN2OS/c1-21-13-8-3-2-7-12(13)15-14(16(18)19-20-15)10-5-4-6-11(17)9-10/h2-9H,1H3,(H2,18,19). The first-order chi connectivity index (χ1) is 10.2. The fourth-order valence-corrected chi connectivity index (χ4v) is 3.03. The fourth-order valence-electron chi connectivity index (χ4n) is 2.24. The number of thioether (sulfide) groups is 1. The van der Waals surface area contributed by atoms with Crippen molar-refractivity contribution in [3.05, 3.63) is 53.6 Å². The van der Waals surface area contributed by atoms with Crippen molar-refractivity contribution in [3.8, 4) is 22.5 Å². The van der Waals surface area contributed by atoms with Gasteiger partial charge in [-0.1, -0.05) is 41.0 Å². The summed E-state index contributed by atoms with van der Waals surface area (Å²) in [6, 6.07) is 15.5. The van der Waals surface area contributed by atoms with E-state index in [1.807, 2.05) is 54.8 Å². The second kappa shape index (κ2) is 5.84. The molecule has 0 aliphatic rings. The van der Waals surface area contributed by atoms with Gasteiger partial charge in [-0.2, -0.15) is 0 Å². The van der Waals surface area contributed by atoms with Crippen LogP contribution in [0.5, 0.6) is 0 Å². The van der Waals surface area contributed by atoms with Crippen LogP contribution in [0.4, 0.5) is 5.82 Å². The van der Waals surface area contributed by atoms with Gasteiger partial charge in [-0.25, -0.2) is 0 Å². The Hall–Kier alpha value is -1.91. The highest BCUT2D eigenvalue weighted by molar-refractivity contribution is 7.98. The minimum Gasteiger partial charge on any atom is -0.380 e. The van der Waals surface area contributed by atoms with Crippen LogP contribution in [0.15, 0.2) is 57.9 Å². The summed E-state index contributed by atoms with van der Waals surface area (Å²) in [7, 11) is 0. The number of anilines is 1. The summed E-state index contributed by atoms with van der Waals surface area (Å²) >= 11 is 7.73. The molecule has 2 N–H and O–H groups in total. The van der Waals surface area contributed by atoms with Gasteiger partial charge >= 0.3 is 0 Å². The fraction of sp³-hybridized carbons (Fsp3) is 0.0625. The maximum Gasteiger partial charge on any atom is 0.178 e. The van der Waals surface area contributed by atoms with E-state index in [-0.39, 0.29) is 0 Å². The van der Waals surface area contributed by atoms with E-state index in [1.54, 1.807) is 11.8 Å². The van der Waals surface area contributed by atoms with E-state index in [0.29, 0.717) is 16.6 Å². The lowest BCUT2D eigenvalue weighted by molar-refractivity contribution is 0.435. The molecule has 0 fully saturated rings. The minimum absolute atomic E-state index is 0.364. The molecule has 21 heavy (non-hydrogen) atoms. The summed E-state index contributed by atoms with van der Waals surface area (Å²) in [4.78, 5) is 1.11. The number of nitrogens with two attached hydrogens (primary N) is 1. The molecule has 3 rings (SSSR count). The van der Waals surface area contributed by atoms with Gasteiger partial charge in [0.2, 0.25) is 0 Å². The van der Waals surface area contributed by atoms with Gasteiger partial charge in [-0.05, 0) is 36.1 Å². The van der Waals surface area contributed by atoms with E-state index in [1.165, 1.54) is 0 Å². The van der Waals surface area contributed by atoms with Crippen LogP contribution in [0.2, 0.25) is 5.02 Å². The molecule has 106 valence electrons. The van der Waals surface area contributed by atoms with Crippen LogP contribution in [0.1, 0.15) is 0 Å². The first kappa shape index (κ1) is 14.0. The maximum absolute atomic E-state index is 6.08. The molecule has 1 heterocycles. The van der Waals surface area contributed by atoms with Gasteiger partial charge in [0.05, 0.1) is 5.56 Å². The summed E-state index contributed by atoms with van der Waals surface area (Å²) in [6.45, 7) is 0. The lowest BCUT2D eigenvalue weighted by atomic mass is 10.0. The summed E-state index contributed by atoms with van der Waals surface area (Å²) in [6.07, 6.45) is 2.03. The highest BCUT2D eigenvalue weighted by Gasteiger charge is 2.19. The average Bonchev–Trinajstić information content (AvgIpc) is 2.88. The third kappa shape index (κ3) is 2.64. The molecule has 0 saturated heterocycles. The molecule has 2 aromatic carbocycles. The van der Waals surface area contributed by atoms with E-state index < -0.39 is 0 Å². The predicted molar refractivity (Wildman–Crippen MR) is 88.6 cm³/mol. The molecule has 0 spiro atoms. The van der Waals surface area contributed by atoms with Crippen molar-refractivity contribution in [2.24, 2.45) is 0 Å². The van der Waals surface area contributed by atoms with Crippen molar-refractivity contribution in [2.75, 3.05) is 12.0 Å². The predicted octanol–water partition coefficient (Wildman–Crippen LogP) is 4.97. The maximum atomic E-state index is 6.08. The first-order valence-corrected chi connectivity index (χ1v) is 7.95. The van der Waals surface area contributed by atoms with Crippen molar-refractivity contribution in [3.63, 3.8) is 0 Å². The molecule has 0 unspecified atom stereocenters. The number of hydrogen-bond acceptors (Lipinski definition) is 4. The number of benzene rings is 2. The Balaban J connectivity index is 2.22. The molecule has 0 aliphatic heterocycles. The molecule has 1 aromatic heterocycles. The van der Waals surface area contributed by atoms with Crippen molar-refractivity contribution in [2.45, 2.75) is 4.90 Å². The van der Waals surface area contributed by atoms with Crippen molar-refractivity contribution >= 4 is 29.2 Å². The Morgan fingerprint density at radius 1 is 1.14 bits per heavy atom. The lowest BCUT2D eigenvalue weighted by Gasteiger charge is -2.07. The van der Waals surface area contributed by atoms with Gasteiger partial charge in [0.25, 0.3) is 0 Å². The van der Waals surface area contributed by atoms with E-state index in [0.717, 1.165) is 21.6 Å². The van der Waals surface area contributed by atoms with E-state index >= 15 is 0 Å². The first-order valence-electron chi connectivity index (χ1n) is 6.35. The molecule has 0 amide bonds. The number of rotatable bonds is 3. The molecule has 0 aliphatic carbocycles. The molecular formula is C16H13ClN2OS. The number of aromatic nitrogens is 1. The number of halogens is 1. The Kier molecular flexibility index (Phi) is 3.90. The zero-order valence-electron chi connectivity index (χ0n) is 11.3.